The highest BCUT2D eigenvalue weighted by Crippen LogP contribution is 2.34. The van der Waals surface area contributed by atoms with Crippen LogP contribution >= 0.6 is 0 Å². The van der Waals surface area contributed by atoms with E-state index in [0.29, 0.717) is 13.2 Å². The third kappa shape index (κ3) is 2.65. The lowest BCUT2D eigenvalue weighted by molar-refractivity contribution is 0.285. The van der Waals surface area contributed by atoms with Crippen molar-refractivity contribution in [2.75, 3.05) is 13.2 Å². The van der Waals surface area contributed by atoms with Crippen LogP contribution in [0.3, 0.4) is 0 Å². The largest absolute Gasteiger partial charge is 0.490 e. The summed E-state index contributed by atoms with van der Waals surface area (Å²) >= 11 is 0. The van der Waals surface area contributed by atoms with Crippen LogP contribution in [0, 0.1) is 6.92 Å². The van der Waals surface area contributed by atoms with Crippen molar-refractivity contribution < 1.29 is 9.47 Å². The van der Waals surface area contributed by atoms with Gasteiger partial charge in [0, 0.05) is 5.56 Å². The van der Waals surface area contributed by atoms with E-state index in [-0.39, 0.29) is 0 Å². The Morgan fingerprint density at radius 2 is 1.73 bits per heavy atom. The normalized spacial score (nSPS) is 10.1. The Morgan fingerprint density at radius 1 is 1.07 bits per heavy atom. The lowest BCUT2D eigenvalue weighted by Gasteiger charge is -2.16. The average molecular weight is 207 g/mol. The predicted molar refractivity (Wildman–Crippen MR) is 62.6 cm³/mol. The zero-order valence-corrected chi connectivity index (χ0v) is 9.80. The quantitative estimate of drug-likeness (QED) is 0.738. The molecular weight excluding hydrogens is 188 g/mol. The standard InChI is InChI=1S/C13H19O2/c1-5-11-10(4)8-9-12(14-6-2)13(11)15-7-3/h8-9H,4-7H2,1-3H3. The first kappa shape index (κ1) is 11.9. The molecule has 0 amide bonds. The smallest absolute Gasteiger partial charge is 0.164 e. The molecule has 0 N–H and O–H groups in total. The third-order valence-corrected chi connectivity index (χ3v) is 2.26. The van der Waals surface area contributed by atoms with Crippen LogP contribution in [0.1, 0.15) is 31.9 Å². The van der Waals surface area contributed by atoms with Crippen molar-refractivity contribution >= 4 is 0 Å². The van der Waals surface area contributed by atoms with E-state index in [0.717, 1.165) is 29.0 Å². The van der Waals surface area contributed by atoms with Crippen LogP contribution in [0.15, 0.2) is 12.1 Å². The minimum atomic E-state index is 0.649. The van der Waals surface area contributed by atoms with Crippen molar-refractivity contribution in [3.63, 3.8) is 0 Å². The zero-order valence-electron chi connectivity index (χ0n) is 9.80. The van der Waals surface area contributed by atoms with Crippen LogP contribution in [-0.4, -0.2) is 13.2 Å². The third-order valence-electron chi connectivity index (χ3n) is 2.26. The Labute approximate surface area is 92.2 Å². The number of benzene rings is 1. The average Bonchev–Trinajstić information content (AvgIpc) is 2.23. The molecule has 83 valence electrons. The Kier molecular flexibility index (Phi) is 4.47. The van der Waals surface area contributed by atoms with Gasteiger partial charge in [-0.2, -0.15) is 0 Å². The van der Waals surface area contributed by atoms with E-state index in [1.54, 1.807) is 0 Å². The molecule has 0 aliphatic heterocycles. The summed E-state index contributed by atoms with van der Waals surface area (Å²) in [5.74, 6) is 1.68. The monoisotopic (exact) mass is 207 g/mol. The molecule has 2 nitrogen and oxygen atoms in total. The molecule has 0 spiro atoms. The molecule has 2 heteroatoms. The second-order valence-electron chi connectivity index (χ2n) is 3.25. The number of ether oxygens (including phenoxy) is 2. The van der Waals surface area contributed by atoms with Crippen molar-refractivity contribution in [3.8, 4) is 11.5 Å². The van der Waals surface area contributed by atoms with Crippen molar-refractivity contribution in [3.05, 3.63) is 30.2 Å². The molecule has 1 rings (SSSR count). The van der Waals surface area contributed by atoms with Crippen LogP contribution < -0.4 is 9.47 Å². The van der Waals surface area contributed by atoms with E-state index in [9.17, 15) is 0 Å². The van der Waals surface area contributed by atoms with Gasteiger partial charge in [0.25, 0.3) is 0 Å². The summed E-state index contributed by atoms with van der Waals surface area (Å²) in [7, 11) is 0. The summed E-state index contributed by atoms with van der Waals surface area (Å²) in [4.78, 5) is 0. The summed E-state index contributed by atoms with van der Waals surface area (Å²) in [6.45, 7) is 11.4. The van der Waals surface area contributed by atoms with Crippen LogP contribution in [0.5, 0.6) is 11.5 Å². The van der Waals surface area contributed by atoms with Gasteiger partial charge >= 0.3 is 0 Å². The van der Waals surface area contributed by atoms with Gasteiger partial charge in [0.1, 0.15) is 0 Å². The summed E-state index contributed by atoms with van der Waals surface area (Å²) in [6.07, 6.45) is 0.912. The second-order valence-corrected chi connectivity index (χ2v) is 3.25. The molecule has 0 aliphatic rings. The molecule has 0 aliphatic carbocycles. The molecule has 0 bridgehead atoms. The highest BCUT2D eigenvalue weighted by Gasteiger charge is 2.11. The molecule has 0 saturated heterocycles. The van der Waals surface area contributed by atoms with Crippen LogP contribution in [0.25, 0.3) is 0 Å². The SMILES string of the molecule is [CH2]c1ccc(OCC)c(OCC)c1CC. The number of rotatable bonds is 5. The fourth-order valence-electron chi connectivity index (χ4n) is 1.61. The maximum Gasteiger partial charge on any atom is 0.164 e. The summed E-state index contributed by atoms with van der Waals surface area (Å²) in [6, 6.07) is 3.91. The molecule has 1 aromatic rings. The molecular formula is C13H19O2. The van der Waals surface area contributed by atoms with Crippen molar-refractivity contribution in [2.24, 2.45) is 0 Å². The highest BCUT2D eigenvalue weighted by atomic mass is 16.5. The minimum Gasteiger partial charge on any atom is -0.490 e. The molecule has 0 heterocycles. The summed E-state index contributed by atoms with van der Waals surface area (Å²) in [5, 5.41) is 0. The maximum absolute atomic E-state index is 5.63. The topological polar surface area (TPSA) is 18.5 Å². The van der Waals surface area contributed by atoms with Crippen molar-refractivity contribution in [1.82, 2.24) is 0 Å². The maximum atomic E-state index is 5.63. The van der Waals surface area contributed by atoms with Gasteiger partial charge in [-0.05, 0) is 38.8 Å². The molecule has 1 aromatic carbocycles. The van der Waals surface area contributed by atoms with E-state index in [1.165, 1.54) is 0 Å². The van der Waals surface area contributed by atoms with Crippen LogP contribution in [0.4, 0.5) is 0 Å². The van der Waals surface area contributed by atoms with Gasteiger partial charge in [-0.25, -0.2) is 0 Å². The fourth-order valence-corrected chi connectivity index (χ4v) is 1.61. The first-order valence-electron chi connectivity index (χ1n) is 5.47. The van der Waals surface area contributed by atoms with Crippen LogP contribution in [-0.2, 0) is 6.42 Å². The Hall–Kier alpha value is -1.18. The summed E-state index contributed by atoms with van der Waals surface area (Å²) in [5.41, 5.74) is 2.16. The fraction of sp³-hybridized carbons (Fsp3) is 0.462. The molecule has 1 radical (unpaired) electrons. The van der Waals surface area contributed by atoms with Gasteiger partial charge < -0.3 is 9.47 Å². The van der Waals surface area contributed by atoms with E-state index >= 15 is 0 Å². The predicted octanol–water partition coefficient (Wildman–Crippen LogP) is 3.23. The van der Waals surface area contributed by atoms with E-state index in [2.05, 4.69) is 13.8 Å². The first-order valence-corrected chi connectivity index (χ1v) is 5.47. The van der Waals surface area contributed by atoms with Gasteiger partial charge in [0.05, 0.1) is 13.2 Å². The van der Waals surface area contributed by atoms with Gasteiger partial charge in [0.15, 0.2) is 11.5 Å². The van der Waals surface area contributed by atoms with E-state index in [1.807, 2.05) is 26.0 Å². The Bertz CT molecular complexity index is 319. The highest BCUT2D eigenvalue weighted by molar-refractivity contribution is 5.51. The van der Waals surface area contributed by atoms with Crippen LogP contribution in [0.2, 0.25) is 0 Å². The van der Waals surface area contributed by atoms with Gasteiger partial charge in [-0.1, -0.05) is 13.0 Å². The van der Waals surface area contributed by atoms with Gasteiger partial charge in [-0.15, -0.1) is 0 Å². The van der Waals surface area contributed by atoms with E-state index < -0.39 is 0 Å². The molecule has 0 atom stereocenters. The Morgan fingerprint density at radius 3 is 2.27 bits per heavy atom. The molecule has 0 unspecified atom stereocenters. The van der Waals surface area contributed by atoms with Crippen molar-refractivity contribution in [2.45, 2.75) is 27.2 Å². The molecule has 15 heavy (non-hydrogen) atoms. The second kappa shape index (κ2) is 5.64. The molecule has 0 fully saturated rings. The van der Waals surface area contributed by atoms with Gasteiger partial charge in [-0.3, -0.25) is 0 Å². The first-order chi connectivity index (χ1) is 7.24. The molecule has 0 saturated carbocycles. The lowest BCUT2D eigenvalue weighted by Crippen LogP contribution is -2.02. The van der Waals surface area contributed by atoms with Gasteiger partial charge in [0.2, 0.25) is 0 Å². The van der Waals surface area contributed by atoms with E-state index in [4.69, 9.17) is 9.47 Å². The minimum absolute atomic E-state index is 0.649. The molecule has 0 aromatic heterocycles. The lowest BCUT2D eigenvalue weighted by atomic mass is 10.0. The Balaban J connectivity index is 3.15. The van der Waals surface area contributed by atoms with Crippen molar-refractivity contribution in [1.29, 1.82) is 0 Å². The number of hydrogen-bond donors (Lipinski definition) is 0. The summed E-state index contributed by atoms with van der Waals surface area (Å²) < 4.78 is 11.2. The zero-order chi connectivity index (χ0) is 11.3. The number of hydrogen-bond acceptors (Lipinski definition) is 2.